The van der Waals surface area contributed by atoms with E-state index in [2.05, 4.69) is 0 Å². The second kappa shape index (κ2) is 8.05. The maximum Gasteiger partial charge on any atom is 0.317 e. The molecule has 1 rings (SSSR count). The Balaban J connectivity index is 3.22. The number of nitrogens with two attached hydrogens (primary N) is 1. The van der Waals surface area contributed by atoms with Gasteiger partial charge in [-0.3, -0.25) is 4.79 Å². The number of benzene rings is 1. The van der Waals surface area contributed by atoms with Crippen LogP contribution in [-0.2, 0) is 19.7 Å². The molecule has 0 saturated heterocycles. The summed E-state index contributed by atoms with van der Waals surface area (Å²) in [6, 6.07) is 2.97. The van der Waals surface area contributed by atoms with Gasteiger partial charge < -0.3 is 15.2 Å². The van der Waals surface area contributed by atoms with E-state index in [0.29, 0.717) is 6.61 Å². The lowest BCUT2D eigenvalue weighted by atomic mass is 9.77. The summed E-state index contributed by atoms with van der Waals surface area (Å²) in [6.45, 7) is 4.23. The van der Waals surface area contributed by atoms with E-state index in [4.69, 9.17) is 15.2 Å². The first-order valence-electron chi connectivity index (χ1n) is 6.91. The van der Waals surface area contributed by atoms with Gasteiger partial charge >= 0.3 is 5.97 Å². The maximum atomic E-state index is 13.5. The van der Waals surface area contributed by atoms with E-state index in [9.17, 15) is 13.6 Å². The summed E-state index contributed by atoms with van der Waals surface area (Å²) in [5.74, 6) is -2.12. The van der Waals surface area contributed by atoms with Crippen LogP contribution in [-0.4, -0.2) is 32.3 Å². The minimum atomic E-state index is -1.31. The lowest BCUT2D eigenvalue weighted by molar-refractivity contribution is -0.150. The van der Waals surface area contributed by atoms with Crippen molar-refractivity contribution in [1.82, 2.24) is 0 Å². The molecule has 0 amide bonds. The Labute approximate surface area is 123 Å². The fourth-order valence-electron chi connectivity index (χ4n) is 2.16. The average molecular weight is 301 g/mol. The van der Waals surface area contributed by atoms with E-state index in [1.165, 1.54) is 0 Å². The van der Waals surface area contributed by atoms with Gasteiger partial charge in [0.05, 0.1) is 6.61 Å². The third kappa shape index (κ3) is 4.22. The normalized spacial score (nSPS) is 13.8. The van der Waals surface area contributed by atoms with Crippen molar-refractivity contribution in [2.45, 2.75) is 25.7 Å². The van der Waals surface area contributed by atoms with E-state index in [1.54, 1.807) is 6.92 Å². The van der Waals surface area contributed by atoms with Crippen molar-refractivity contribution in [3.05, 3.63) is 35.4 Å². The number of hydrogen-bond donors (Lipinski definition) is 1. The van der Waals surface area contributed by atoms with Crippen LogP contribution in [0, 0.1) is 11.6 Å². The van der Waals surface area contributed by atoms with Crippen LogP contribution < -0.4 is 5.73 Å². The first-order chi connectivity index (χ1) is 10.00. The SMILES string of the molecule is CCOCCC(CN)(C(=O)OCC)c1cc(F)cc(F)c1. The Kier molecular flexibility index (Phi) is 6.71. The zero-order chi connectivity index (χ0) is 15.9. The molecule has 0 aliphatic rings. The van der Waals surface area contributed by atoms with Crippen LogP contribution >= 0.6 is 0 Å². The Morgan fingerprint density at radius 2 is 1.81 bits per heavy atom. The molecule has 0 bridgehead atoms. The fourth-order valence-corrected chi connectivity index (χ4v) is 2.16. The predicted octanol–water partition coefficient (Wildman–Crippen LogP) is 2.15. The number of halogens is 2. The van der Waals surface area contributed by atoms with Crippen molar-refractivity contribution in [2.24, 2.45) is 5.73 Å². The Hall–Kier alpha value is -1.53. The summed E-state index contributed by atoms with van der Waals surface area (Å²) in [5, 5.41) is 0. The molecule has 0 heterocycles. The smallest absolute Gasteiger partial charge is 0.317 e. The molecule has 0 aromatic heterocycles. The zero-order valence-corrected chi connectivity index (χ0v) is 12.3. The van der Waals surface area contributed by atoms with Gasteiger partial charge in [-0.1, -0.05) is 0 Å². The molecular formula is C15H21F2NO3. The molecule has 0 saturated carbocycles. The number of esters is 1. The predicted molar refractivity (Wildman–Crippen MR) is 74.8 cm³/mol. The number of ether oxygens (including phenoxy) is 2. The molecule has 0 aliphatic carbocycles. The Morgan fingerprint density at radius 3 is 2.29 bits per heavy atom. The lowest BCUT2D eigenvalue weighted by Crippen LogP contribution is -2.45. The van der Waals surface area contributed by atoms with Gasteiger partial charge in [0.2, 0.25) is 0 Å². The third-order valence-corrected chi connectivity index (χ3v) is 3.31. The number of carbonyl (C=O) groups excluding carboxylic acids is 1. The van der Waals surface area contributed by atoms with Crippen LogP contribution in [0.2, 0.25) is 0 Å². The van der Waals surface area contributed by atoms with Crippen LogP contribution in [0.25, 0.3) is 0 Å². The van der Waals surface area contributed by atoms with Crippen molar-refractivity contribution < 1.29 is 23.0 Å². The zero-order valence-electron chi connectivity index (χ0n) is 12.3. The van der Waals surface area contributed by atoms with Crippen molar-refractivity contribution in [3.63, 3.8) is 0 Å². The van der Waals surface area contributed by atoms with Crippen molar-refractivity contribution >= 4 is 5.97 Å². The number of hydrogen-bond acceptors (Lipinski definition) is 4. The summed E-state index contributed by atoms with van der Waals surface area (Å²) in [4.78, 5) is 12.3. The van der Waals surface area contributed by atoms with Gasteiger partial charge in [0.25, 0.3) is 0 Å². The van der Waals surface area contributed by atoms with E-state index in [1.807, 2.05) is 6.92 Å². The third-order valence-electron chi connectivity index (χ3n) is 3.31. The molecule has 6 heteroatoms. The highest BCUT2D eigenvalue weighted by atomic mass is 19.1. The maximum absolute atomic E-state index is 13.5. The van der Waals surface area contributed by atoms with Crippen molar-refractivity contribution in [2.75, 3.05) is 26.4 Å². The monoisotopic (exact) mass is 301 g/mol. The highest BCUT2D eigenvalue weighted by molar-refractivity contribution is 5.83. The summed E-state index contributed by atoms with van der Waals surface area (Å²) < 4.78 is 37.2. The molecule has 1 aromatic carbocycles. The topological polar surface area (TPSA) is 61.5 Å². The average Bonchev–Trinajstić information content (AvgIpc) is 2.43. The van der Waals surface area contributed by atoms with Gasteiger partial charge in [-0.25, -0.2) is 8.78 Å². The molecule has 1 aromatic rings. The van der Waals surface area contributed by atoms with Crippen LogP contribution in [0.4, 0.5) is 8.78 Å². The number of carbonyl (C=O) groups is 1. The molecule has 2 N–H and O–H groups in total. The largest absolute Gasteiger partial charge is 0.465 e. The molecule has 0 spiro atoms. The molecule has 1 atom stereocenters. The lowest BCUT2D eigenvalue weighted by Gasteiger charge is -2.30. The first-order valence-corrected chi connectivity index (χ1v) is 6.91. The molecule has 0 aliphatic heterocycles. The molecule has 0 radical (unpaired) electrons. The molecule has 21 heavy (non-hydrogen) atoms. The molecule has 118 valence electrons. The standard InChI is InChI=1S/C15H21F2NO3/c1-3-20-6-5-15(10-18,14(19)21-4-2)11-7-12(16)9-13(17)8-11/h7-9H,3-6,10,18H2,1-2H3. The van der Waals surface area contributed by atoms with Crippen molar-refractivity contribution in [3.8, 4) is 0 Å². The van der Waals surface area contributed by atoms with Crippen LogP contribution in [0.1, 0.15) is 25.8 Å². The number of rotatable bonds is 8. The first kappa shape index (κ1) is 17.5. The van der Waals surface area contributed by atoms with Crippen LogP contribution in [0.5, 0.6) is 0 Å². The van der Waals surface area contributed by atoms with E-state index >= 15 is 0 Å². The van der Waals surface area contributed by atoms with E-state index in [-0.39, 0.29) is 31.7 Å². The Morgan fingerprint density at radius 1 is 1.19 bits per heavy atom. The van der Waals surface area contributed by atoms with Gasteiger partial charge in [0, 0.05) is 25.8 Å². The Bertz CT molecular complexity index is 462. The fraction of sp³-hybridized carbons (Fsp3) is 0.533. The van der Waals surface area contributed by atoms with Gasteiger partial charge in [0.1, 0.15) is 17.0 Å². The van der Waals surface area contributed by atoms with Crippen LogP contribution in [0.3, 0.4) is 0 Å². The molecule has 0 fully saturated rings. The second-order valence-electron chi connectivity index (χ2n) is 4.61. The highest BCUT2D eigenvalue weighted by Gasteiger charge is 2.41. The van der Waals surface area contributed by atoms with Gasteiger partial charge in [-0.2, -0.15) is 0 Å². The van der Waals surface area contributed by atoms with Gasteiger partial charge in [0.15, 0.2) is 0 Å². The quantitative estimate of drug-likeness (QED) is 0.590. The second-order valence-corrected chi connectivity index (χ2v) is 4.61. The summed E-state index contributed by atoms with van der Waals surface area (Å²) >= 11 is 0. The molecule has 1 unspecified atom stereocenters. The summed E-state index contributed by atoms with van der Waals surface area (Å²) in [6.07, 6.45) is 0.194. The minimum absolute atomic E-state index is 0.123. The molecule has 4 nitrogen and oxygen atoms in total. The van der Waals surface area contributed by atoms with Gasteiger partial charge in [-0.05, 0) is 38.0 Å². The van der Waals surface area contributed by atoms with E-state index < -0.39 is 23.0 Å². The van der Waals surface area contributed by atoms with E-state index in [0.717, 1.165) is 18.2 Å². The van der Waals surface area contributed by atoms with Crippen molar-refractivity contribution in [1.29, 1.82) is 0 Å². The van der Waals surface area contributed by atoms with Crippen LogP contribution in [0.15, 0.2) is 18.2 Å². The summed E-state index contributed by atoms with van der Waals surface area (Å²) in [5.41, 5.74) is 4.61. The minimum Gasteiger partial charge on any atom is -0.465 e. The molecular weight excluding hydrogens is 280 g/mol. The highest BCUT2D eigenvalue weighted by Crippen LogP contribution is 2.30. The van der Waals surface area contributed by atoms with Gasteiger partial charge in [-0.15, -0.1) is 0 Å². The summed E-state index contributed by atoms with van der Waals surface area (Å²) in [7, 11) is 0.